The average molecular weight is 301 g/mol. The van der Waals surface area contributed by atoms with Crippen molar-refractivity contribution in [2.45, 2.75) is 38.4 Å². The summed E-state index contributed by atoms with van der Waals surface area (Å²) in [5.41, 5.74) is 4.90. The third kappa shape index (κ3) is 3.40. The lowest BCUT2D eigenvalue weighted by Crippen LogP contribution is -2.28. The Morgan fingerprint density at radius 3 is 2.57 bits per heavy atom. The highest BCUT2D eigenvalue weighted by Crippen LogP contribution is 2.37. The molecule has 1 aromatic rings. The van der Waals surface area contributed by atoms with E-state index in [0.29, 0.717) is 11.7 Å². The number of amidine groups is 1. The second kappa shape index (κ2) is 5.83. The van der Waals surface area contributed by atoms with E-state index < -0.39 is 17.6 Å². The van der Waals surface area contributed by atoms with Gasteiger partial charge in [0.15, 0.2) is 5.84 Å². The van der Waals surface area contributed by atoms with Gasteiger partial charge < -0.3 is 15.8 Å². The van der Waals surface area contributed by atoms with Crippen LogP contribution in [0, 0.1) is 0 Å². The largest absolute Gasteiger partial charge is 0.417 e. The maximum absolute atomic E-state index is 13.0. The minimum Gasteiger partial charge on any atom is -0.409 e. The maximum atomic E-state index is 13.0. The van der Waals surface area contributed by atoms with E-state index in [2.05, 4.69) is 10.1 Å². The van der Waals surface area contributed by atoms with E-state index in [-0.39, 0.29) is 5.56 Å². The van der Waals surface area contributed by atoms with Crippen LogP contribution in [0.5, 0.6) is 0 Å². The highest BCUT2D eigenvalue weighted by molar-refractivity contribution is 5.99. The van der Waals surface area contributed by atoms with Crippen LogP contribution in [0.15, 0.2) is 23.4 Å². The molecular formula is C14H18F3N3O. The summed E-state index contributed by atoms with van der Waals surface area (Å²) in [6.07, 6.45) is -1.56. The molecule has 1 aromatic carbocycles. The van der Waals surface area contributed by atoms with Crippen LogP contribution in [0.2, 0.25) is 0 Å². The van der Waals surface area contributed by atoms with Crippen molar-refractivity contribution in [3.63, 3.8) is 0 Å². The molecule has 2 rings (SSSR count). The standard InChI is InChI=1S/C14H18F3N3O/c1-2-7-20(9-3-4-9)10-5-6-12(14(15,16)17)11(8-10)13(18)19-21/h5-6,8-9,21H,2-4,7H2,1H3,(H2,18,19). The molecule has 1 aliphatic carbocycles. The summed E-state index contributed by atoms with van der Waals surface area (Å²) in [5.74, 6) is -0.531. The van der Waals surface area contributed by atoms with Gasteiger partial charge in [0.25, 0.3) is 0 Å². The minimum absolute atomic E-state index is 0.288. The highest BCUT2D eigenvalue weighted by Gasteiger charge is 2.35. The fourth-order valence-corrected chi connectivity index (χ4v) is 2.37. The molecule has 1 saturated carbocycles. The average Bonchev–Trinajstić information content (AvgIpc) is 3.26. The normalized spacial score (nSPS) is 16.1. The van der Waals surface area contributed by atoms with Gasteiger partial charge in [-0.15, -0.1) is 0 Å². The molecule has 0 radical (unpaired) electrons. The Bertz CT molecular complexity index is 539. The molecule has 0 amide bonds. The van der Waals surface area contributed by atoms with Gasteiger partial charge in [-0.3, -0.25) is 0 Å². The topological polar surface area (TPSA) is 61.8 Å². The van der Waals surface area contributed by atoms with Crippen molar-refractivity contribution in [1.82, 2.24) is 0 Å². The number of nitrogens with two attached hydrogens (primary N) is 1. The minimum atomic E-state index is -4.54. The third-order valence-electron chi connectivity index (χ3n) is 3.48. The molecule has 1 aliphatic rings. The number of rotatable bonds is 5. The summed E-state index contributed by atoms with van der Waals surface area (Å²) in [4.78, 5) is 2.08. The zero-order valence-electron chi connectivity index (χ0n) is 11.7. The van der Waals surface area contributed by atoms with Crippen molar-refractivity contribution in [2.24, 2.45) is 10.9 Å². The van der Waals surface area contributed by atoms with Crippen molar-refractivity contribution in [1.29, 1.82) is 0 Å². The third-order valence-corrected chi connectivity index (χ3v) is 3.48. The fourth-order valence-electron chi connectivity index (χ4n) is 2.37. The first-order chi connectivity index (χ1) is 9.88. The van der Waals surface area contributed by atoms with E-state index in [4.69, 9.17) is 10.9 Å². The molecule has 1 fully saturated rings. The summed E-state index contributed by atoms with van der Waals surface area (Å²) in [6, 6.07) is 4.17. The molecule has 0 bridgehead atoms. The monoisotopic (exact) mass is 301 g/mol. The Kier molecular flexibility index (Phi) is 4.29. The number of benzene rings is 1. The molecule has 21 heavy (non-hydrogen) atoms. The molecule has 0 aliphatic heterocycles. The predicted molar refractivity (Wildman–Crippen MR) is 74.6 cm³/mol. The van der Waals surface area contributed by atoms with Gasteiger partial charge in [0, 0.05) is 23.8 Å². The molecule has 0 heterocycles. The quantitative estimate of drug-likeness (QED) is 0.380. The highest BCUT2D eigenvalue weighted by atomic mass is 19.4. The lowest BCUT2D eigenvalue weighted by Gasteiger charge is -2.25. The molecule has 0 spiro atoms. The Morgan fingerprint density at radius 2 is 2.10 bits per heavy atom. The number of alkyl halides is 3. The number of hydrogen-bond acceptors (Lipinski definition) is 3. The van der Waals surface area contributed by atoms with Gasteiger partial charge in [0.05, 0.1) is 5.56 Å². The second-order valence-corrected chi connectivity index (χ2v) is 5.14. The number of nitrogens with zero attached hydrogens (tertiary/aromatic N) is 2. The van der Waals surface area contributed by atoms with Crippen LogP contribution in [0.4, 0.5) is 18.9 Å². The molecule has 0 saturated heterocycles. The van der Waals surface area contributed by atoms with E-state index in [1.54, 1.807) is 0 Å². The Morgan fingerprint density at radius 1 is 1.43 bits per heavy atom. The molecule has 0 unspecified atom stereocenters. The van der Waals surface area contributed by atoms with Crippen molar-refractivity contribution in [2.75, 3.05) is 11.4 Å². The number of hydrogen-bond donors (Lipinski definition) is 2. The molecule has 7 heteroatoms. The number of anilines is 1. The second-order valence-electron chi connectivity index (χ2n) is 5.14. The Balaban J connectivity index is 2.45. The van der Waals surface area contributed by atoms with E-state index in [9.17, 15) is 13.2 Å². The van der Waals surface area contributed by atoms with Gasteiger partial charge in [-0.1, -0.05) is 12.1 Å². The van der Waals surface area contributed by atoms with Crippen molar-refractivity contribution < 1.29 is 18.4 Å². The first-order valence-electron chi connectivity index (χ1n) is 6.84. The van der Waals surface area contributed by atoms with E-state index in [1.165, 1.54) is 12.1 Å². The summed E-state index contributed by atoms with van der Waals surface area (Å²) >= 11 is 0. The molecule has 0 atom stereocenters. The number of halogens is 3. The maximum Gasteiger partial charge on any atom is 0.417 e. The van der Waals surface area contributed by atoms with Gasteiger partial charge in [-0.25, -0.2) is 0 Å². The van der Waals surface area contributed by atoms with Crippen molar-refractivity contribution >= 4 is 11.5 Å². The van der Waals surface area contributed by atoms with Crippen LogP contribution < -0.4 is 10.6 Å². The first kappa shape index (κ1) is 15.5. The predicted octanol–water partition coefficient (Wildman–Crippen LogP) is 3.18. The van der Waals surface area contributed by atoms with Crippen LogP contribution in [0.3, 0.4) is 0 Å². The molecular weight excluding hydrogens is 283 g/mol. The summed E-state index contributed by atoms with van der Waals surface area (Å²) < 4.78 is 39.0. The molecule has 116 valence electrons. The van der Waals surface area contributed by atoms with Gasteiger partial charge >= 0.3 is 6.18 Å². The van der Waals surface area contributed by atoms with Gasteiger partial charge in [0.2, 0.25) is 0 Å². The molecule has 3 N–H and O–H groups in total. The lowest BCUT2D eigenvalue weighted by molar-refractivity contribution is -0.137. The van der Waals surface area contributed by atoms with Crippen molar-refractivity contribution in [3.05, 3.63) is 29.3 Å². The van der Waals surface area contributed by atoms with Crippen LogP contribution in [0.1, 0.15) is 37.3 Å². The Labute approximate surface area is 121 Å². The fraction of sp³-hybridized carbons (Fsp3) is 0.500. The summed E-state index contributed by atoms with van der Waals surface area (Å²) in [5, 5.41) is 11.4. The zero-order chi connectivity index (χ0) is 15.6. The number of oxime groups is 1. The SMILES string of the molecule is CCCN(c1ccc(C(F)(F)F)c(/C(N)=N/O)c1)C1CC1. The van der Waals surface area contributed by atoms with E-state index in [1.807, 2.05) is 6.92 Å². The lowest BCUT2D eigenvalue weighted by atomic mass is 10.0. The van der Waals surface area contributed by atoms with Crippen LogP contribution in [0.25, 0.3) is 0 Å². The molecule has 0 aromatic heterocycles. The van der Waals surface area contributed by atoms with Gasteiger partial charge in [0.1, 0.15) is 0 Å². The van der Waals surface area contributed by atoms with Crippen LogP contribution in [-0.2, 0) is 6.18 Å². The van der Waals surface area contributed by atoms with E-state index in [0.717, 1.165) is 31.9 Å². The first-order valence-corrected chi connectivity index (χ1v) is 6.84. The Hall–Kier alpha value is -1.92. The smallest absolute Gasteiger partial charge is 0.409 e. The van der Waals surface area contributed by atoms with E-state index >= 15 is 0 Å². The van der Waals surface area contributed by atoms with Crippen LogP contribution in [-0.4, -0.2) is 23.6 Å². The van der Waals surface area contributed by atoms with Gasteiger partial charge in [-0.2, -0.15) is 13.2 Å². The van der Waals surface area contributed by atoms with Crippen molar-refractivity contribution in [3.8, 4) is 0 Å². The van der Waals surface area contributed by atoms with Gasteiger partial charge in [-0.05, 0) is 37.5 Å². The zero-order valence-corrected chi connectivity index (χ0v) is 11.7. The summed E-state index contributed by atoms with van der Waals surface area (Å²) in [7, 11) is 0. The summed E-state index contributed by atoms with van der Waals surface area (Å²) in [6.45, 7) is 2.79. The van der Waals surface area contributed by atoms with Crippen LogP contribution >= 0.6 is 0 Å². The molecule has 4 nitrogen and oxygen atoms in total.